The Bertz CT molecular complexity index is 662. The monoisotopic (exact) mass is 284 g/mol. The van der Waals surface area contributed by atoms with Crippen LogP contribution in [0.15, 0.2) is 59.5 Å². The van der Waals surface area contributed by atoms with E-state index in [0.717, 1.165) is 26.6 Å². The van der Waals surface area contributed by atoms with Gasteiger partial charge in [0.15, 0.2) is 0 Å². The van der Waals surface area contributed by atoms with Crippen LogP contribution in [0.2, 0.25) is 0 Å². The Balaban J connectivity index is 2.14. The van der Waals surface area contributed by atoms with Crippen molar-refractivity contribution in [3.05, 3.63) is 59.5 Å². The van der Waals surface area contributed by atoms with Crippen molar-refractivity contribution in [1.29, 1.82) is 0 Å². The second-order valence-corrected chi connectivity index (χ2v) is 4.60. The van der Waals surface area contributed by atoms with Crippen LogP contribution in [-0.2, 0) is 0 Å². The van der Waals surface area contributed by atoms with E-state index in [2.05, 4.69) is 38.0 Å². The van der Waals surface area contributed by atoms with Gasteiger partial charge in [-0.15, -0.1) is 0 Å². The third-order valence-electron chi connectivity index (χ3n) is 2.65. The molecule has 0 aliphatic carbocycles. The van der Waals surface area contributed by atoms with Gasteiger partial charge in [0, 0.05) is 28.9 Å². The van der Waals surface area contributed by atoms with Gasteiger partial charge < -0.3 is 0 Å². The molecule has 2 aromatic heterocycles. The van der Waals surface area contributed by atoms with Crippen molar-refractivity contribution in [1.82, 2.24) is 9.97 Å². The van der Waals surface area contributed by atoms with E-state index >= 15 is 0 Å². The highest BCUT2D eigenvalue weighted by molar-refractivity contribution is 9.10. The fraction of sp³-hybridized carbons (Fsp3) is 0. The topological polar surface area (TPSA) is 25.8 Å². The van der Waals surface area contributed by atoms with Gasteiger partial charge in [-0.1, -0.05) is 24.3 Å². The lowest BCUT2D eigenvalue weighted by Crippen LogP contribution is -1.84. The molecule has 3 aromatic rings. The zero-order chi connectivity index (χ0) is 11.7. The summed E-state index contributed by atoms with van der Waals surface area (Å²) in [4.78, 5) is 8.66. The minimum Gasteiger partial charge on any atom is -0.256 e. The predicted molar refractivity (Wildman–Crippen MR) is 72.7 cm³/mol. The summed E-state index contributed by atoms with van der Waals surface area (Å²) in [6.45, 7) is 0. The van der Waals surface area contributed by atoms with Gasteiger partial charge in [0.2, 0.25) is 0 Å². The van der Waals surface area contributed by atoms with Gasteiger partial charge >= 0.3 is 0 Å². The number of nitrogens with zero attached hydrogens (tertiary/aromatic N) is 2. The fourth-order valence-corrected chi connectivity index (χ4v) is 2.01. The summed E-state index contributed by atoms with van der Waals surface area (Å²) in [5.74, 6) is 0. The van der Waals surface area contributed by atoms with Crippen LogP contribution in [0.4, 0.5) is 0 Å². The average Bonchev–Trinajstić information content (AvgIpc) is 2.39. The minimum atomic E-state index is 0.843. The Morgan fingerprint density at radius 2 is 1.65 bits per heavy atom. The van der Waals surface area contributed by atoms with Gasteiger partial charge in [0.05, 0.1) is 5.52 Å². The summed E-state index contributed by atoms with van der Waals surface area (Å²) in [7, 11) is 0. The first-order valence-corrected chi connectivity index (χ1v) is 6.09. The van der Waals surface area contributed by atoms with E-state index in [1.807, 2.05) is 42.7 Å². The molecule has 0 fully saturated rings. The van der Waals surface area contributed by atoms with E-state index in [0.29, 0.717) is 0 Å². The Kier molecular flexibility index (Phi) is 2.61. The molecule has 0 amide bonds. The molecule has 0 aliphatic heterocycles. The molecule has 17 heavy (non-hydrogen) atoms. The van der Waals surface area contributed by atoms with Crippen LogP contribution >= 0.6 is 15.9 Å². The lowest BCUT2D eigenvalue weighted by molar-refractivity contribution is 1.27. The van der Waals surface area contributed by atoms with Crippen molar-refractivity contribution in [2.75, 3.05) is 0 Å². The molecule has 3 heteroatoms. The molecule has 0 bridgehead atoms. The van der Waals surface area contributed by atoms with Crippen LogP contribution in [0, 0.1) is 0 Å². The molecular formula is C14H9BrN2. The molecule has 0 unspecified atom stereocenters. The first-order chi connectivity index (χ1) is 8.33. The molecule has 1 aromatic carbocycles. The minimum absolute atomic E-state index is 0.843. The SMILES string of the molecule is Brc1ccc(-c2cnc3ccccc3c2)cn1. The third-order valence-corrected chi connectivity index (χ3v) is 3.12. The maximum atomic E-state index is 4.44. The molecule has 0 aliphatic rings. The smallest absolute Gasteiger partial charge is 0.106 e. The molecule has 2 nitrogen and oxygen atoms in total. The molecule has 2 heterocycles. The third kappa shape index (κ3) is 2.06. The molecular weight excluding hydrogens is 276 g/mol. The number of benzene rings is 1. The standard InChI is InChI=1S/C14H9BrN2/c15-14-6-5-11(8-17-14)12-7-10-3-1-2-4-13(10)16-9-12/h1-9H. The molecule has 3 rings (SSSR count). The molecule has 0 N–H and O–H groups in total. The number of hydrogen-bond acceptors (Lipinski definition) is 2. The maximum Gasteiger partial charge on any atom is 0.106 e. The van der Waals surface area contributed by atoms with Crippen LogP contribution in [0.3, 0.4) is 0 Å². The van der Waals surface area contributed by atoms with Gasteiger partial charge in [0.25, 0.3) is 0 Å². The number of halogens is 1. The molecule has 0 atom stereocenters. The predicted octanol–water partition coefficient (Wildman–Crippen LogP) is 4.06. The van der Waals surface area contributed by atoms with E-state index in [1.165, 1.54) is 0 Å². The summed E-state index contributed by atoms with van der Waals surface area (Å²) < 4.78 is 0.843. The van der Waals surface area contributed by atoms with Crippen molar-refractivity contribution in [2.45, 2.75) is 0 Å². The van der Waals surface area contributed by atoms with E-state index in [4.69, 9.17) is 0 Å². The molecule has 0 radical (unpaired) electrons. The second-order valence-electron chi connectivity index (χ2n) is 3.79. The van der Waals surface area contributed by atoms with Crippen molar-refractivity contribution in [3.8, 4) is 11.1 Å². The van der Waals surface area contributed by atoms with Gasteiger partial charge in [-0.3, -0.25) is 4.98 Å². The number of rotatable bonds is 1. The molecule has 0 spiro atoms. The highest BCUT2D eigenvalue weighted by Crippen LogP contribution is 2.22. The highest BCUT2D eigenvalue weighted by atomic mass is 79.9. The van der Waals surface area contributed by atoms with E-state index in [1.54, 1.807) is 0 Å². The Morgan fingerprint density at radius 3 is 2.47 bits per heavy atom. The van der Waals surface area contributed by atoms with Gasteiger partial charge in [-0.25, -0.2) is 4.98 Å². The quantitative estimate of drug-likeness (QED) is 0.630. The summed E-state index contributed by atoms with van der Waals surface area (Å²) in [5, 5.41) is 1.15. The lowest BCUT2D eigenvalue weighted by Gasteiger charge is -2.03. The second kappa shape index (κ2) is 4.26. The summed E-state index contributed by atoms with van der Waals surface area (Å²) in [6, 6.07) is 14.2. The van der Waals surface area contributed by atoms with Crippen molar-refractivity contribution in [2.24, 2.45) is 0 Å². The van der Waals surface area contributed by atoms with Gasteiger partial charge in [-0.05, 0) is 34.1 Å². The van der Waals surface area contributed by atoms with Crippen LogP contribution in [0.1, 0.15) is 0 Å². The molecule has 82 valence electrons. The first kappa shape index (κ1) is 10.4. The first-order valence-electron chi connectivity index (χ1n) is 5.30. The lowest BCUT2D eigenvalue weighted by atomic mass is 10.1. The summed E-state index contributed by atoms with van der Waals surface area (Å²) in [5.41, 5.74) is 3.18. The van der Waals surface area contributed by atoms with Crippen LogP contribution in [0.25, 0.3) is 22.0 Å². The van der Waals surface area contributed by atoms with Crippen molar-refractivity contribution in [3.63, 3.8) is 0 Å². The zero-order valence-corrected chi connectivity index (χ0v) is 10.6. The fourth-order valence-electron chi connectivity index (χ4n) is 1.78. The van der Waals surface area contributed by atoms with Crippen molar-refractivity contribution >= 4 is 26.8 Å². The number of aromatic nitrogens is 2. The summed E-state index contributed by atoms with van der Waals surface area (Å²) in [6.07, 6.45) is 3.73. The summed E-state index contributed by atoms with van der Waals surface area (Å²) >= 11 is 3.33. The van der Waals surface area contributed by atoms with Gasteiger partial charge in [-0.2, -0.15) is 0 Å². The average molecular weight is 285 g/mol. The number of para-hydroxylation sites is 1. The largest absolute Gasteiger partial charge is 0.256 e. The zero-order valence-electron chi connectivity index (χ0n) is 8.97. The van der Waals surface area contributed by atoms with E-state index < -0.39 is 0 Å². The maximum absolute atomic E-state index is 4.44. The van der Waals surface area contributed by atoms with Crippen molar-refractivity contribution < 1.29 is 0 Å². The van der Waals surface area contributed by atoms with Crippen LogP contribution in [-0.4, -0.2) is 9.97 Å². The number of fused-ring (bicyclic) bond motifs is 1. The number of pyridine rings is 2. The van der Waals surface area contributed by atoms with Crippen LogP contribution in [0.5, 0.6) is 0 Å². The Hall–Kier alpha value is -1.74. The highest BCUT2D eigenvalue weighted by Gasteiger charge is 2.00. The van der Waals surface area contributed by atoms with Gasteiger partial charge in [0.1, 0.15) is 4.60 Å². The molecule has 0 saturated heterocycles. The Labute approximate surface area is 107 Å². The normalized spacial score (nSPS) is 10.6. The Morgan fingerprint density at radius 1 is 0.824 bits per heavy atom. The number of hydrogen-bond donors (Lipinski definition) is 0. The van der Waals surface area contributed by atoms with E-state index in [-0.39, 0.29) is 0 Å². The van der Waals surface area contributed by atoms with Crippen LogP contribution < -0.4 is 0 Å². The molecule has 0 saturated carbocycles. The van der Waals surface area contributed by atoms with E-state index in [9.17, 15) is 0 Å².